The summed E-state index contributed by atoms with van der Waals surface area (Å²) in [4.78, 5) is 25.1. The third-order valence-corrected chi connectivity index (χ3v) is 4.57. The molecule has 1 saturated heterocycles. The highest BCUT2D eigenvalue weighted by atomic mass is 32.2. The number of carboxylic acid groups (broad SMARTS) is 1. The molecule has 0 aromatic heterocycles. The molecule has 5 nitrogen and oxygen atoms in total. The summed E-state index contributed by atoms with van der Waals surface area (Å²) in [6.07, 6.45) is 0.956. The first-order chi connectivity index (χ1) is 9.59. The van der Waals surface area contributed by atoms with Crippen LogP contribution in [-0.4, -0.2) is 46.6 Å². The van der Waals surface area contributed by atoms with Crippen LogP contribution in [-0.2, 0) is 4.79 Å². The Morgan fingerprint density at radius 3 is 2.65 bits per heavy atom. The molecule has 2 N–H and O–H groups in total. The van der Waals surface area contributed by atoms with Gasteiger partial charge >= 0.3 is 12.0 Å². The maximum atomic E-state index is 12.2. The van der Waals surface area contributed by atoms with Crippen LogP contribution in [0, 0.1) is 0 Å². The molecule has 1 aromatic rings. The van der Waals surface area contributed by atoms with E-state index in [4.69, 9.17) is 0 Å². The van der Waals surface area contributed by atoms with Crippen molar-refractivity contribution in [2.45, 2.75) is 18.5 Å². The second-order valence-corrected chi connectivity index (χ2v) is 5.91. The molecule has 1 unspecified atom stereocenters. The molecule has 0 aliphatic carbocycles. The van der Waals surface area contributed by atoms with Gasteiger partial charge in [-0.1, -0.05) is 30.3 Å². The Kier molecular flexibility index (Phi) is 4.89. The first kappa shape index (κ1) is 14.7. The van der Waals surface area contributed by atoms with Crippen molar-refractivity contribution in [3.05, 3.63) is 35.9 Å². The second-order valence-electron chi connectivity index (χ2n) is 4.76. The Labute approximate surface area is 122 Å². The van der Waals surface area contributed by atoms with Crippen molar-refractivity contribution in [3.63, 3.8) is 0 Å². The largest absolute Gasteiger partial charge is 0.479 e. The van der Waals surface area contributed by atoms with E-state index in [0.717, 1.165) is 17.9 Å². The lowest BCUT2D eigenvalue weighted by atomic mass is 10.1. The van der Waals surface area contributed by atoms with E-state index >= 15 is 0 Å². The van der Waals surface area contributed by atoms with Crippen LogP contribution in [0.4, 0.5) is 4.79 Å². The fourth-order valence-corrected chi connectivity index (χ4v) is 3.42. The fraction of sp³-hybridized carbons (Fsp3) is 0.429. The van der Waals surface area contributed by atoms with Crippen LogP contribution < -0.4 is 5.32 Å². The SMILES string of the molecule is CN(C(=O)N[C@H](C(=O)O)c1ccccc1)C1CCSC1. The average molecular weight is 294 g/mol. The quantitative estimate of drug-likeness (QED) is 0.890. The van der Waals surface area contributed by atoms with Crippen molar-refractivity contribution in [1.82, 2.24) is 10.2 Å². The molecular formula is C14H18N2O3S. The number of carbonyl (C=O) groups is 2. The summed E-state index contributed by atoms with van der Waals surface area (Å²) in [6, 6.07) is 7.56. The average Bonchev–Trinajstić information content (AvgIpc) is 2.98. The molecule has 0 radical (unpaired) electrons. The minimum absolute atomic E-state index is 0.185. The second kappa shape index (κ2) is 6.65. The zero-order chi connectivity index (χ0) is 14.5. The van der Waals surface area contributed by atoms with Crippen LogP contribution in [0.25, 0.3) is 0 Å². The number of thioether (sulfide) groups is 1. The first-order valence-corrected chi connectivity index (χ1v) is 7.64. The number of carbonyl (C=O) groups excluding carboxylic acids is 1. The highest BCUT2D eigenvalue weighted by Crippen LogP contribution is 2.22. The predicted octanol–water partition coefficient (Wildman–Crippen LogP) is 1.96. The number of hydrogen-bond donors (Lipinski definition) is 2. The molecule has 2 atom stereocenters. The van der Waals surface area contributed by atoms with E-state index < -0.39 is 12.0 Å². The number of amides is 2. The van der Waals surface area contributed by atoms with Gasteiger partial charge in [0.1, 0.15) is 0 Å². The normalized spacial score (nSPS) is 19.4. The number of hydrogen-bond acceptors (Lipinski definition) is 3. The summed E-state index contributed by atoms with van der Waals surface area (Å²) < 4.78 is 0. The smallest absolute Gasteiger partial charge is 0.330 e. The molecule has 1 fully saturated rings. The third kappa shape index (κ3) is 3.45. The van der Waals surface area contributed by atoms with Gasteiger partial charge in [-0.05, 0) is 17.7 Å². The third-order valence-electron chi connectivity index (χ3n) is 3.42. The van der Waals surface area contributed by atoms with Gasteiger partial charge in [-0.25, -0.2) is 9.59 Å². The Balaban J connectivity index is 2.04. The van der Waals surface area contributed by atoms with Crippen LogP contribution in [0.3, 0.4) is 0 Å². The minimum atomic E-state index is -1.06. The molecule has 108 valence electrons. The Bertz CT molecular complexity index is 475. The molecule has 1 aromatic carbocycles. The van der Waals surface area contributed by atoms with Crippen molar-refractivity contribution >= 4 is 23.8 Å². The van der Waals surface area contributed by atoms with Crippen molar-refractivity contribution < 1.29 is 14.7 Å². The Morgan fingerprint density at radius 2 is 2.10 bits per heavy atom. The number of carboxylic acids is 1. The minimum Gasteiger partial charge on any atom is -0.479 e. The van der Waals surface area contributed by atoms with Gasteiger partial charge in [0.2, 0.25) is 0 Å². The summed E-state index contributed by atoms with van der Waals surface area (Å²) in [6.45, 7) is 0. The lowest BCUT2D eigenvalue weighted by Crippen LogP contribution is -2.46. The summed E-state index contributed by atoms with van der Waals surface area (Å²) in [5, 5.41) is 11.9. The Hall–Kier alpha value is -1.69. The van der Waals surface area contributed by atoms with E-state index in [-0.39, 0.29) is 12.1 Å². The van der Waals surface area contributed by atoms with Gasteiger partial charge in [-0.15, -0.1) is 0 Å². The predicted molar refractivity (Wildman–Crippen MR) is 78.8 cm³/mol. The van der Waals surface area contributed by atoms with Gasteiger partial charge in [0.05, 0.1) is 0 Å². The van der Waals surface area contributed by atoms with Crippen molar-refractivity contribution in [2.24, 2.45) is 0 Å². The number of benzene rings is 1. The molecule has 6 heteroatoms. The standard InChI is InChI=1S/C14H18N2O3S/c1-16(11-7-8-20-9-11)14(19)15-12(13(17)18)10-5-3-2-4-6-10/h2-6,11-12H,7-9H2,1H3,(H,15,19)(H,17,18)/t11?,12-/m0/s1. The zero-order valence-corrected chi connectivity index (χ0v) is 12.1. The lowest BCUT2D eigenvalue weighted by Gasteiger charge is -2.26. The Morgan fingerprint density at radius 1 is 1.40 bits per heavy atom. The van der Waals surface area contributed by atoms with Gasteiger partial charge in [-0.3, -0.25) is 0 Å². The molecule has 0 saturated carbocycles. The van der Waals surface area contributed by atoms with Crippen molar-refractivity contribution in [3.8, 4) is 0 Å². The maximum absolute atomic E-state index is 12.2. The fourth-order valence-electron chi connectivity index (χ4n) is 2.15. The highest BCUT2D eigenvalue weighted by molar-refractivity contribution is 7.99. The lowest BCUT2D eigenvalue weighted by molar-refractivity contribution is -0.139. The van der Waals surface area contributed by atoms with E-state index in [0.29, 0.717) is 5.56 Å². The van der Waals surface area contributed by atoms with E-state index in [1.54, 1.807) is 36.2 Å². The molecule has 0 spiro atoms. The van der Waals surface area contributed by atoms with E-state index in [1.807, 2.05) is 17.8 Å². The highest BCUT2D eigenvalue weighted by Gasteiger charge is 2.28. The number of urea groups is 1. The maximum Gasteiger partial charge on any atom is 0.330 e. The molecule has 1 aliphatic heterocycles. The van der Waals surface area contributed by atoms with Crippen molar-refractivity contribution in [1.29, 1.82) is 0 Å². The molecule has 1 heterocycles. The number of nitrogens with one attached hydrogen (secondary N) is 1. The molecule has 2 rings (SSSR count). The van der Waals surface area contributed by atoms with Gasteiger partial charge in [0.15, 0.2) is 6.04 Å². The topological polar surface area (TPSA) is 69.6 Å². The van der Waals surface area contributed by atoms with Crippen LogP contribution >= 0.6 is 11.8 Å². The molecule has 20 heavy (non-hydrogen) atoms. The van der Waals surface area contributed by atoms with Crippen LogP contribution in [0.1, 0.15) is 18.0 Å². The van der Waals surface area contributed by atoms with Gasteiger partial charge < -0.3 is 15.3 Å². The van der Waals surface area contributed by atoms with Crippen LogP contribution in [0.15, 0.2) is 30.3 Å². The summed E-state index contributed by atoms with van der Waals surface area (Å²) in [5.41, 5.74) is 0.572. The number of aliphatic carboxylic acids is 1. The first-order valence-electron chi connectivity index (χ1n) is 6.48. The molecule has 2 amide bonds. The monoisotopic (exact) mass is 294 g/mol. The zero-order valence-electron chi connectivity index (χ0n) is 11.3. The number of nitrogens with zero attached hydrogens (tertiary/aromatic N) is 1. The van der Waals surface area contributed by atoms with Gasteiger partial charge in [-0.2, -0.15) is 11.8 Å². The van der Waals surface area contributed by atoms with Crippen molar-refractivity contribution in [2.75, 3.05) is 18.6 Å². The number of rotatable bonds is 4. The summed E-state index contributed by atoms with van der Waals surface area (Å²) in [5.74, 6) is 0.898. The van der Waals surface area contributed by atoms with E-state index in [2.05, 4.69) is 5.32 Å². The molecule has 0 bridgehead atoms. The van der Waals surface area contributed by atoms with E-state index in [1.165, 1.54) is 0 Å². The van der Waals surface area contributed by atoms with Crippen LogP contribution in [0.5, 0.6) is 0 Å². The van der Waals surface area contributed by atoms with Gasteiger partial charge in [0, 0.05) is 18.8 Å². The van der Waals surface area contributed by atoms with Gasteiger partial charge in [0.25, 0.3) is 0 Å². The van der Waals surface area contributed by atoms with Crippen LogP contribution in [0.2, 0.25) is 0 Å². The molecule has 1 aliphatic rings. The molecular weight excluding hydrogens is 276 g/mol. The summed E-state index contributed by atoms with van der Waals surface area (Å²) >= 11 is 1.81. The van der Waals surface area contributed by atoms with E-state index in [9.17, 15) is 14.7 Å². The summed E-state index contributed by atoms with van der Waals surface area (Å²) in [7, 11) is 1.72.